The van der Waals surface area contributed by atoms with Gasteiger partial charge >= 0.3 is 11.9 Å². The maximum Gasteiger partial charge on any atom is 0.303 e. The molecule has 0 rings (SSSR count). The smallest absolute Gasteiger partial charge is 0.303 e. The van der Waals surface area contributed by atoms with E-state index in [1.807, 2.05) is 0 Å². The van der Waals surface area contributed by atoms with E-state index in [1.54, 1.807) is 0 Å². The third-order valence-electron chi connectivity index (χ3n) is 5.80. The van der Waals surface area contributed by atoms with Gasteiger partial charge in [0.05, 0.1) is 0 Å². The quantitative estimate of drug-likeness (QED) is 0.0718. The van der Waals surface area contributed by atoms with Gasteiger partial charge in [-0.15, -0.1) is 0 Å². The van der Waals surface area contributed by atoms with Gasteiger partial charge in [0.2, 0.25) is 0 Å². The molecular weight excluding hydrogens is 490 g/mol. The van der Waals surface area contributed by atoms with Gasteiger partial charge in [0.25, 0.3) is 0 Å². The molecule has 0 aliphatic rings. The van der Waals surface area contributed by atoms with Gasteiger partial charge in [0.1, 0.15) is 0 Å². The summed E-state index contributed by atoms with van der Waals surface area (Å²) < 4.78 is 0. The summed E-state index contributed by atoms with van der Waals surface area (Å²) in [6.45, 7) is 4.48. The molecule has 0 spiro atoms. The topological polar surface area (TPSA) is 74.6 Å². The van der Waals surface area contributed by atoms with E-state index in [4.69, 9.17) is 10.2 Å². The number of rotatable bonds is 24. The molecule has 202 valence electrons. The van der Waals surface area contributed by atoms with Crippen LogP contribution in [0, 0.1) is 0 Å². The number of hydrogen-bond donors (Lipinski definition) is 2. The molecule has 0 heterocycles. The molecule has 4 nitrogen and oxygen atoms in total. The Bertz CT molecular complexity index is 445. The van der Waals surface area contributed by atoms with Gasteiger partial charge in [0.15, 0.2) is 0 Å². The normalized spacial score (nSPS) is 10.8. The first-order valence-corrected chi connectivity index (χ1v) is 14.3. The van der Waals surface area contributed by atoms with Crippen molar-refractivity contribution in [3.63, 3.8) is 0 Å². The van der Waals surface area contributed by atoms with E-state index in [2.05, 4.69) is 38.2 Å². The summed E-state index contributed by atoms with van der Waals surface area (Å²) >= 11 is 0. The molecule has 0 bridgehead atoms. The van der Waals surface area contributed by atoms with Crippen molar-refractivity contribution in [2.75, 3.05) is 0 Å². The van der Waals surface area contributed by atoms with Crippen LogP contribution in [-0.2, 0) is 29.1 Å². The molecule has 0 fully saturated rings. The van der Waals surface area contributed by atoms with Gasteiger partial charge in [0, 0.05) is 32.3 Å². The number of hydrogen-bond acceptors (Lipinski definition) is 2. The first-order valence-electron chi connectivity index (χ1n) is 14.3. The number of allylic oxidation sites excluding steroid dienone is 4. The standard InChI is InChI=1S/2C15H28O2.Zn/c2*1-2-3-4-5-6-7-8-9-10-11-12-13-14-15(16)17;/h2*8-9H,2-7,10-14H2,1H3,(H,16,17);. The minimum absolute atomic E-state index is 0. The maximum atomic E-state index is 10.3. The first kappa shape index (κ1) is 38.6. The Hall–Kier alpha value is -0.957. The van der Waals surface area contributed by atoms with E-state index >= 15 is 0 Å². The zero-order valence-corrected chi connectivity index (χ0v) is 26.3. The van der Waals surface area contributed by atoms with Crippen molar-refractivity contribution in [2.45, 2.75) is 155 Å². The van der Waals surface area contributed by atoms with Crippen LogP contribution in [-0.4, -0.2) is 22.2 Å². The SMILES string of the molecule is CCCCCCCC=CCCCCCC(=O)O.CCCCCCCC=CCCCCCC(=O)O.[Zn]. The van der Waals surface area contributed by atoms with E-state index < -0.39 is 11.9 Å². The molecular formula is C30H56O4Zn. The van der Waals surface area contributed by atoms with Crippen molar-refractivity contribution < 1.29 is 39.3 Å². The molecule has 0 aliphatic heterocycles. The van der Waals surface area contributed by atoms with Crippen LogP contribution in [0.2, 0.25) is 0 Å². The zero-order chi connectivity index (χ0) is 25.5. The van der Waals surface area contributed by atoms with Crippen molar-refractivity contribution in [3.05, 3.63) is 24.3 Å². The first-order chi connectivity index (χ1) is 16.5. The minimum Gasteiger partial charge on any atom is -0.481 e. The molecule has 0 aromatic heterocycles. The Kier molecular flexibility index (Phi) is 38.8. The summed E-state index contributed by atoms with van der Waals surface area (Å²) in [6.07, 6.45) is 33.7. The average Bonchev–Trinajstić information content (AvgIpc) is 2.80. The Morgan fingerprint density at radius 1 is 0.457 bits per heavy atom. The van der Waals surface area contributed by atoms with Crippen LogP contribution in [0.5, 0.6) is 0 Å². The van der Waals surface area contributed by atoms with Crippen LogP contribution in [0.15, 0.2) is 24.3 Å². The van der Waals surface area contributed by atoms with E-state index in [0.29, 0.717) is 12.8 Å². The van der Waals surface area contributed by atoms with Crippen LogP contribution in [0.3, 0.4) is 0 Å². The third kappa shape index (κ3) is 43.5. The molecule has 0 aromatic rings. The van der Waals surface area contributed by atoms with Crippen molar-refractivity contribution in [1.29, 1.82) is 0 Å². The molecule has 0 saturated heterocycles. The van der Waals surface area contributed by atoms with E-state index in [-0.39, 0.29) is 19.5 Å². The molecule has 35 heavy (non-hydrogen) atoms. The van der Waals surface area contributed by atoms with Gasteiger partial charge in [-0.25, -0.2) is 0 Å². The van der Waals surface area contributed by atoms with E-state index in [1.165, 1.54) is 77.0 Å². The van der Waals surface area contributed by atoms with E-state index in [0.717, 1.165) is 51.4 Å². The second kappa shape index (κ2) is 35.2. The fourth-order valence-electron chi connectivity index (χ4n) is 3.63. The van der Waals surface area contributed by atoms with Crippen molar-refractivity contribution in [3.8, 4) is 0 Å². The Labute approximate surface area is 230 Å². The molecule has 5 heteroatoms. The molecule has 2 N–H and O–H groups in total. The predicted molar refractivity (Wildman–Crippen MR) is 146 cm³/mol. The number of unbranched alkanes of at least 4 members (excludes halogenated alkanes) is 16. The van der Waals surface area contributed by atoms with Crippen LogP contribution in [0.25, 0.3) is 0 Å². The summed E-state index contributed by atoms with van der Waals surface area (Å²) in [6, 6.07) is 0. The second-order valence-electron chi connectivity index (χ2n) is 9.33. The van der Waals surface area contributed by atoms with E-state index in [9.17, 15) is 9.59 Å². The molecule has 0 saturated carbocycles. The van der Waals surface area contributed by atoms with Gasteiger partial charge in [-0.3, -0.25) is 9.59 Å². The largest absolute Gasteiger partial charge is 0.481 e. The second-order valence-corrected chi connectivity index (χ2v) is 9.33. The number of aliphatic carboxylic acids is 2. The minimum atomic E-state index is -0.673. The Morgan fingerprint density at radius 2 is 0.714 bits per heavy atom. The fraction of sp³-hybridized carbons (Fsp3) is 0.800. The number of carboxylic acid groups (broad SMARTS) is 2. The summed E-state index contributed by atoms with van der Waals surface area (Å²) in [5.74, 6) is -1.35. The number of carboxylic acids is 2. The third-order valence-corrected chi connectivity index (χ3v) is 5.80. The van der Waals surface area contributed by atoms with Gasteiger partial charge in [-0.1, -0.05) is 102 Å². The molecule has 0 aliphatic carbocycles. The maximum absolute atomic E-state index is 10.3. The molecule has 0 unspecified atom stereocenters. The Morgan fingerprint density at radius 3 is 0.971 bits per heavy atom. The molecule has 0 amide bonds. The molecule has 0 aromatic carbocycles. The number of carbonyl (C=O) groups is 2. The van der Waals surface area contributed by atoms with Gasteiger partial charge in [-0.05, 0) is 64.2 Å². The van der Waals surface area contributed by atoms with Crippen molar-refractivity contribution in [2.24, 2.45) is 0 Å². The zero-order valence-electron chi connectivity index (χ0n) is 23.3. The Balaban J connectivity index is -0.000000569. The van der Waals surface area contributed by atoms with Crippen molar-refractivity contribution >= 4 is 11.9 Å². The summed E-state index contributed by atoms with van der Waals surface area (Å²) in [7, 11) is 0. The summed E-state index contributed by atoms with van der Waals surface area (Å²) in [5.41, 5.74) is 0. The van der Waals surface area contributed by atoms with Crippen LogP contribution < -0.4 is 0 Å². The molecule has 0 radical (unpaired) electrons. The van der Waals surface area contributed by atoms with Crippen LogP contribution in [0.4, 0.5) is 0 Å². The van der Waals surface area contributed by atoms with Crippen molar-refractivity contribution in [1.82, 2.24) is 0 Å². The predicted octanol–water partition coefficient (Wildman–Crippen LogP) is 9.87. The average molecular weight is 546 g/mol. The summed E-state index contributed by atoms with van der Waals surface area (Å²) in [4.78, 5) is 20.5. The summed E-state index contributed by atoms with van der Waals surface area (Å²) in [5, 5.41) is 16.9. The molecule has 0 atom stereocenters. The van der Waals surface area contributed by atoms with Crippen LogP contribution >= 0.6 is 0 Å². The van der Waals surface area contributed by atoms with Gasteiger partial charge < -0.3 is 10.2 Å². The fourth-order valence-corrected chi connectivity index (χ4v) is 3.63. The monoisotopic (exact) mass is 544 g/mol. The van der Waals surface area contributed by atoms with Crippen LogP contribution in [0.1, 0.15) is 155 Å². The van der Waals surface area contributed by atoms with Gasteiger partial charge in [-0.2, -0.15) is 0 Å².